The van der Waals surface area contributed by atoms with Gasteiger partial charge in [-0.15, -0.1) is 0 Å². The normalized spacial score (nSPS) is 24.9. The first-order valence-electron chi connectivity index (χ1n) is 9.12. The number of aromatic nitrogens is 2. The molecule has 2 N–H and O–H groups in total. The maximum absolute atomic E-state index is 14.1. The van der Waals surface area contributed by atoms with Gasteiger partial charge in [0.1, 0.15) is 24.3 Å². The summed E-state index contributed by atoms with van der Waals surface area (Å²) >= 11 is 0. The summed E-state index contributed by atoms with van der Waals surface area (Å²) in [5.41, 5.74) is 8.38. The number of esters is 1. The Morgan fingerprint density at radius 3 is 2.93 bits per heavy atom. The molecule has 0 aliphatic carbocycles. The second-order valence-corrected chi connectivity index (χ2v) is 7.25. The summed E-state index contributed by atoms with van der Waals surface area (Å²) in [5, 5.41) is 4.44. The summed E-state index contributed by atoms with van der Waals surface area (Å²) in [6.07, 6.45) is 1.79. The molecular formula is C19H22F2N4O3. The number of fused-ring (bicyclic) bond motifs is 1. The van der Waals surface area contributed by atoms with Crippen LogP contribution >= 0.6 is 0 Å². The van der Waals surface area contributed by atoms with Crippen LogP contribution in [0.5, 0.6) is 0 Å². The maximum atomic E-state index is 14.1. The number of hydrogen-bond acceptors (Lipinski definition) is 6. The van der Waals surface area contributed by atoms with Crippen molar-refractivity contribution in [3.8, 4) is 0 Å². The Hall–Kier alpha value is -2.36. The van der Waals surface area contributed by atoms with E-state index in [1.165, 1.54) is 7.11 Å². The van der Waals surface area contributed by atoms with Gasteiger partial charge in [0.2, 0.25) is 0 Å². The van der Waals surface area contributed by atoms with E-state index >= 15 is 0 Å². The van der Waals surface area contributed by atoms with Crippen LogP contribution in [0.15, 0.2) is 24.4 Å². The molecule has 1 aromatic heterocycles. The fourth-order valence-corrected chi connectivity index (χ4v) is 3.92. The van der Waals surface area contributed by atoms with Crippen LogP contribution in [0.1, 0.15) is 29.3 Å². The highest BCUT2D eigenvalue weighted by Gasteiger charge is 2.37. The third-order valence-corrected chi connectivity index (χ3v) is 5.35. The summed E-state index contributed by atoms with van der Waals surface area (Å²) in [4.78, 5) is 13.6. The fraction of sp³-hybridized carbons (Fsp3) is 0.474. The Morgan fingerprint density at radius 2 is 2.21 bits per heavy atom. The Kier molecular flexibility index (Phi) is 5.13. The van der Waals surface area contributed by atoms with E-state index in [1.54, 1.807) is 4.68 Å². The number of carbonyl (C=O) groups is 1. The standard InChI is InChI=1S/C19H22F2N4O3/c1-27-18(26)9-25-7-11-6-24(8-17(11)23-25)13-5-16(22)19(28-10-13)14-4-12(20)2-3-15(14)21/h2-4,7,13,16,19H,5-6,8-10,22H2,1H3/t13?,16?,19-/m1/s1. The van der Waals surface area contributed by atoms with E-state index in [0.29, 0.717) is 26.1 Å². The Morgan fingerprint density at radius 1 is 1.39 bits per heavy atom. The molecule has 7 nitrogen and oxygen atoms in total. The molecule has 1 saturated heterocycles. The number of carbonyl (C=O) groups excluding carboxylic acids is 1. The van der Waals surface area contributed by atoms with E-state index in [4.69, 9.17) is 10.5 Å². The molecule has 0 radical (unpaired) electrons. The Balaban J connectivity index is 1.39. The lowest BCUT2D eigenvalue weighted by molar-refractivity contribution is -0.141. The lowest BCUT2D eigenvalue weighted by Gasteiger charge is -2.38. The number of nitrogens with zero attached hydrogens (tertiary/aromatic N) is 3. The van der Waals surface area contributed by atoms with Crippen LogP contribution in [0.2, 0.25) is 0 Å². The molecule has 1 fully saturated rings. The zero-order valence-corrected chi connectivity index (χ0v) is 15.5. The second-order valence-electron chi connectivity index (χ2n) is 7.25. The first-order chi connectivity index (χ1) is 13.4. The molecule has 3 atom stereocenters. The molecule has 0 bridgehead atoms. The molecule has 3 heterocycles. The van der Waals surface area contributed by atoms with Crippen molar-refractivity contribution in [1.82, 2.24) is 14.7 Å². The molecule has 2 aliphatic heterocycles. The summed E-state index contributed by atoms with van der Waals surface area (Å²) in [6.45, 7) is 1.77. The summed E-state index contributed by atoms with van der Waals surface area (Å²) < 4.78 is 39.6. The van der Waals surface area contributed by atoms with Crippen LogP contribution in [0, 0.1) is 11.6 Å². The fourth-order valence-electron chi connectivity index (χ4n) is 3.92. The van der Waals surface area contributed by atoms with Crippen molar-refractivity contribution in [3.05, 3.63) is 52.9 Å². The smallest absolute Gasteiger partial charge is 0.327 e. The second kappa shape index (κ2) is 7.57. The number of halogens is 2. The van der Waals surface area contributed by atoms with Gasteiger partial charge in [-0.05, 0) is 24.6 Å². The van der Waals surface area contributed by atoms with Crippen molar-refractivity contribution < 1.29 is 23.0 Å². The molecule has 0 amide bonds. The third kappa shape index (κ3) is 3.65. The monoisotopic (exact) mass is 392 g/mol. The molecule has 9 heteroatoms. The summed E-state index contributed by atoms with van der Waals surface area (Å²) in [5.74, 6) is -1.37. The van der Waals surface area contributed by atoms with Crippen molar-refractivity contribution in [3.63, 3.8) is 0 Å². The van der Waals surface area contributed by atoms with Gasteiger partial charge in [-0.1, -0.05) is 0 Å². The van der Waals surface area contributed by atoms with Crippen LogP contribution in [0.3, 0.4) is 0 Å². The van der Waals surface area contributed by atoms with Gasteiger partial charge >= 0.3 is 5.97 Å². The molecule has 150 valence electrons. The van der Waals surface area contributed by atoms with Crippen LogP contribution in [-0.2, 0) is 33.9 Å². The van der Waals surface area contributed by atoms with Crippen LogP contribution in [0.25, 0.3) is 0 Å². The van der Waals surface area contributed by atoms with Gasteiger partial charge in [0.05, 0.1) is 19.4 Å². The van der Waals surface area contributed by atoms with Gasteiger partial charge in [0.25, 0.3) is 0 Å². The maximum Gasteiger partial charge on any atom is 0.327 e. The number of hydrogen-bond donors (Lipinski definition) is 1. The Labute approximate surface area is 161 Å². The van der Waals surface area contributed by atoms with Crippen molar-refractivity contribution >= 4 is 5.97 Å². The van der Waals surface area contributed by atoms with E-state index < -0.39 is 23.8 Å². The predicted octanol–water partition coefficient (Wildman–Crippen LogP) is 1.51. The summed E-state index contributed by atoms with van der Waals surface area (Å²) in [7, 11) is 1.34. The molecule has 1 aromatic carbocycles. The molecule has 2 unspecified atom stereocenters. The first-order valence-corrected chi connectivity index (χ1v) is 9.12. The van der Waals surface area contributed by atoms with Gasteiger partial charge in [-0.3, -0.25) is 14.4 Å². The highest BCUT2D eigenvalue weighted by molar-refractivity contribution is 5.68. The van der Waals surface area contributed by atoms with Gasteiger partial charge in [0, 0.05) is 42.5 Å². The van der Waals surface area contributed by atoms with Gasteiger partial charge in [-0.2, -0.15) is 5.10 Å². The zero-order chi connectivity index (χ0) is 19.8. The first kappa shape index (κ1) is 19.0. The summed E-state index contributed by atoms with van der Waals surface area (Å²) in [6, 6.07) is 2.94. The largest absolute Gasteiger partial charge is 0.468 e. The van der Waals surface area contributed by atoms with Crippen molar-refractivity contribution in [2.45, 2.75) is 44.2 Å². The highest BCUT2D eigenvalue weighted by Crippen LogP contribution is 2.34. The average molecular weight is 392 g/mol. The molecule has 28 heavy (non-hydrogen) atoms. The van der Waals surface area contributed by atoms with Gasteiger partial charge in [0.15, 0.2) is 0 Å². The minimum atomic E-state index is -0.666. The lowest BCUT2D eigenvalue weighted by Crippen LogP contribution is -2.47. The van der Waals surface area contributed by atoms with Crippen molar-refractivity contribution in [2.24, 2.45) is 5.73 Å². The third-order valence-electron chi connectivity index (χ3n) is 5.35. The topological polar surface area (TPSA) is 82.6 Å². The van der Waals surface area contributed by atoms with Gasteiger partial charge < -0.3 is 15.2 Å². The van der Waals surface area contributed by atoms with Crippen LogP contribution in [0.4, 0.5) is 8.78 Å². The highest BCUT2D eigenvalue weighted by atomic mass is 19.1. The lowest BCUT2D eigenvalue weighted by atomic mass is 9.93. The molecule has 2 aromatic rings. The molecular weight excluding hydrogens is 370 g/mol. The number of methoxy groups -OCH3 is 1. The molecule has 4 rings (SSSR count). The Bertz CT molecular complexity index is 865. The SMILES string of the molecule is COC(=O)Cn1cc2c(n1)CN(C1CO[C@H](c3cc(F)ccc3F)C(N)C1)C2. The molecule has 2 aliphatic rings. The number of benzene rings is 1. The minimum absolute atomic E-state index is 0.0612. The van der Waals surface area contributed by atoms with E-state index in [9.17, 15) is 13.6 Å². The van der Waals surface area contributed by atoms with Crippen LogP contribution < -0.4 is 5.73 Å². The predicted molar refractivity (Wildman–Crippen MR) is 94.9 cm³/mol. The van der Waals surface area contributed by atoms with Crippen LogP contribution in [-0.4, -0.2) is 46.5 Å². The van der Waals surface area contributed by atoms with E-state index in [-0.39, 0.29) is 24.1 Å². The zero-order valence-electron chi connectivity index (χ0n) is 15.5. The van der Waals surface area contributed by atoms with Crippen molar-refractivity contribution in [2.75, 3.05) is 13.7 Å². The van der Waals surface area contributed by atoms with Gasteiger partial charge in [-0.25, -0.2) is 8.78 Å². The average Bonchev–Trinajstić information content (AvgIpc) is 3.22. The van der Waals surface area contributed by atoms with E-state index in [1.807, 2.05) is 6.20 Å². The molecule has 0 spiro atoms. The number of ether oxygens (including phenoxy) is 2. The van der Waals surface area contributed by atoms with Crippen molar-refractivity contribution in [1.29, 1.82) is 0 Å². The van der Waals surface area contributed by atoms with E-state index in [2.05, 4.69) is 14.7 Å². The minimum Gasteiger partial charge on any atom is -0.468 e. The number of nitrogens with two attached hydrogens (primary N) is 1. The quantitative estimate of drug-likeness (QED) is 0.795. The number of rotatable bonds is 4. The van der Waals surface area contributed by atoms with E-state index in [0.717, 1.165) is 29.5 Å². The molecule has 0 saturated carbocycles.